The molecule has 0 saturated heterocycles. The molecule has 11 aromatic carbocycles. The summed E-state index contributed by atoms with van der Waals surface area (Å²) in [4.78, 5) is 2.48. The molecule has 0 radical (unpaired) electrons. The fourth-order valence-corrected chi connectivity index (χ4v) is 11.8. The minimum Gasteiger partial charge on any atom is -0.310 e. The molecule has 0 aliphatic heterocycles. The fraction of sp³-hybridized carbons (Fsp3) is 0.0857. The first kappa shape index (κ1) is 42.6. The van der Waals surface area contributed by atoms with E-state index in [9.17, 15) is 0 Å². The minimum absolute atomic E-state index is 0.191. The number of benzene rings is 11. The summed E-state index contributed by atoms with van der Waals surface area (Å²) in [5, 5.41) is 2.52. The molecule has 13 rings (SSSR count). The van der Waals surface area contributed by atoms with Gasteiger partial charge < -0.3 is 4.90 Å². The van der Waals surface area contributed by atoms with Gasteiger partial charge in [-0.3, -0.25) is 0 Å². The van der Waals surface area contributed by atoms with E-state index in [-0.39, 0.29) is 10.8 Å². The molecule has 0 heterocycles. The standard InChI is InChI=1S/C70H53N/c1-69(2)65-42-54(47-16-9-6-10-17-47)32-38-61(65)63-40-36-57(44-67(63)69)71(56-34-30-53(31-35-56)60-21-13-19-52-18-11-12-20-59(52)60)58-37-41-64-62-39-33-55(43-66(62)70(3,4)68(64)45-58)51-28-26-50(27-29-51)49-24-22-48(23-25-49)46-14-7-5-8-15-46/h5-45H,1-4H3. The molecule has 0 fully saturated rings. The van der Waals surface area contributed by atoms with Gasteiger partial charge in [0, 0.05) is 27.9 Å². The Morgan fingerprint density at radius 3 is 1.07 bits per heavy atom. The van der Waals surface area contributed by atoms with Gasteiger partial charge in [0.05, 0.1) is 0 Å². The van der Waals surface area contributed by atoms with Crippen molar-refractivity contribution in [1.82, 2.24) is 0 Å². The van der Waals surface area contributed by atoms with Crippen LogP contribution in [-0.2, 0) is 10.8 Å². The van der Waals surface area contributed by atoms with Crippen molar-refractivity contribution in [3.05, 3.63) is 271 Å². The van der Waals surface area contributed by atoms with Crippen molar-refractivity contribution in [1.29, 1.82) is 0 Å². The van der Waals surface area contributed by atoms with Crippen LogP contribution in [-0.4, -0.2) is 0 Å². The summed E-state index contributed by atoms with van der Waals surface area (Å²) in [5.74, 6) is 0. The maximum absolute atomic E-state index is 2.48. The maximum atomic E-state index is 2.48. The molecule has 11 aromatic rings. The Kier molecular flexibility index (Phi) is 9.94. The van der Waals surface area contributed by atoms with E-state index in [1.165, 1.54) is 111 Å². The van der Waals surface area contributed by atoms with Crippen LogP contribution in [0.15, 0.2) is 249 Å². The molecule has 0 atom stereocenters. The number of fused-ring (bicyclic) bond motifs is 7. The molecule has 0 amide bonds. The van der Waals surface area contributed by atoms with Gasteiger partial charge in [0.15, 0.2) is 0 Å². The van der Waals surface area contributed by atoms with Crippen LogP contribution in [0.3, 0.4) is 0 Å². The second-order valence-electron chi connectivity index (χ2n) is 20.5. The molecular weight excluding hydrogens is 855 g/mol. The van der Waals surface area contributed by atoms with Gasteiger partial charge in [0.2, 0.25) is 0 Å². The largest absolute Gasteiger partial charge is 0.310 e. The zero-order chi connectivity index (χ0) is 47.8. The molecule has 1 heteroatoms. The molecule has 0 N–H and O–H groups in total. The lowest BCUT2D eigenvalue weighted by Gasteiger charge is -2.30. The van der Waals surface area contributed by atoms with Crippen LogP contribution in [0, 0.1) is 0 Å². The third-order valence-corrected chi connectivity index (χ3v) is 15.7. The Labute approximate surface area is 418 Å². The van der Waals surface area contributed by atoms with Gasteiger partial charge in [0.25, 0.3) is 0 Å². The molecule has 1 nitrogen and oxygen atoms in total. The van der Waals surface area contributed by atoms with Crippen LogP contribution in [0.4, 0.5) is 17.1 Å². The summed E-state index contributed by atoms with van der Waals surface area (Å²) in [7, 11) is 0. The first-order chi connectivity index (χ1) is 34.7. The van der Waals surface area contributed by atoms with Crippen LogP contribution in [0.1, 0.15) is 49.9 Å². The van der Waals surface area contributed by atoms with E-state index in [4.69, 9.17) is 0 Å². The summed E-state index contributed by atoms with van der Waals surface area (Å²) >= 11 is 0. The Bertz CT molecular complexity index is 3820. The van der Waals surface area contributed by atoms with Gasteiger partial charge in [-0.15, -0.1) is 0 Å². The molecule has 0 aromatic heterocycles. The first-order valence-corrected chi connectivity index (χ1v) is 25.0. The predicted molar refractivity (Wildman–Crippen MR) is 301 cm³/mol. The van der Waals surface area contributed by atoms with Gasteiger partial charge in [-0.2, -0.15) is 0 Å². The van der Waals surface area contributed by atoms with Crippen molar-refractivity contribution in [2.24, 2.45) is 0 Å². The molecule has 2 aliphatic carbocycles. The van der Waals surface area contributed by atoms with E-state index in [2.05, 4.69) is 281 Å². The SMILES string of the molecule is CC1(C)c2cc(-c3ccccc3)ccc2-c2ccc(N(c3ccc(-c4cccc5ccccc45)cc3)c3ccc4c(c3)C(C)(C)c3cc(-c5ccc(-c6ccc(-c7ccccc7)cc6)cc5)ccc3-4)cc21. The molecule has 71 heavy (non-hydrogen) atoms. The van der Waals surface area contributed by atoms with Crippen LogP contribution in [0.2, 0.25) is 0 Å². The van der Waals surface area contributed by atoms with E-state index in [1.807, 2.05) is 0 Å². The predicted octanol–water partition coefficient (Wildman–Crippen LogP) is 19.3. The lowest BCUT2D eigenvalue weighted by atomic mass is 9.81. The average Bonchev–Trinajstić information content (AvgIpc) is 3.79. The van der Waals surface area contributed by atoms with Gasteiger partial charge in [0.1, 0.15) is 0 Å². The van der Waals surface area contributed by atoms with Crippen LogP contribution < -0.4 is 4.90 Å². The molecule has 2 aliphatic rings. The topological polar surface area (TPSA) is 3.24 Å². The maximum Gasteiger partial charge on any atom is 0.0465 e. The lowest BCUT2D eigenvalue weighted by molar-refractivity contribution is 0.660. The van der Waals surface area contributed by atoms with Crippen molar-refractivity contribution >= 4 is 27.8 Å². The van der Waals surface area contributed by atoms with Crippen molar-refractivity contribution in [3.63, 3.8) is 0 Å². The highest BCUT2D eigenvalue weighted by Crippen LogP contribution is 2.54. The minimum atomic E-state index is -0.223. The van der Waals surface area contributed by atoms with E-state index in [0.29, 0.717) is 0 Å². The highest BCUT2D eigenvalue weighted by molar-refractivity contribution is 5.97. The van der Waals surface area contributed by atoms with E-state index in [0.717, 1.165) is 17.1 Å². The summed E-state index contributed by atoms with van der Waals surface area (Å²) in [6.45, 7) is 9.58. The number of rotatable bonds is 8. The summed E-state index contributed by atoms with van der Waals surface area (Å²) < 4.78 is 0. The quantitative estimate of drug-likeness (QED) is 0.147. The van der Waals surface area contributed by atoms with Gasteiger partial charge >= 0.3 is 0 Å². The van der Waals surface area contributed by atoms with Gasteiger partial charge in [-0.1, -0.05) is 228 Å². The number of hydrogen-bond acceptors (Lipinski definition) is 1. The third-order valence-electron chi connectivity index (χ3n) is 15.7. The van der Waals surface area contributed by atoms with Gasteiger partial charge in [-0.05, 0) is 159 Å². The van der Waals surface area contributed by atoms with Crippen molar-refractivity contribution in [3.8, 4) is 77.9 Å². The second kappa shape index (κ2) is 16.6. The average molecular weight is 908 g/mol. The fourth-order valence-electron chi connectivity index (χ4n) is 11.8. The molecule has 0 spiro atoms. The van der Waals surface area contributed by atoms with Crippen LogP contribution in [0.5, 0.6) is 0 Å². The molecular formula is C70H53N. The number of hydrogen-bond donors (Lipinski definition) is 0. The summed E-state index contributed by atoms with van der Waals surface area (Å²) in [5.41, 5.74) is 26.0. The third kappa shape index (κ3) is 7.14. The van der Waals surface area contributed by atoms with E-state index < -0.39 is 0 Å². The molecule has 0 saturated carbocycles. The summed E-state index contributed by atoms with van der Waals surface area (Å²) in [6, 6.07) is 92.3. The number of anilines is 3. The highest BCUT2D eigenvalue weighted by atomic mass is 15.1. The molecule has 0 unspecified atom stereocenters. The van der Waals surface area contributed by atoms with E-state index in [1.54, 1.807) is 0 Å². The van der Waals surface area contributed by atoms with Crippen LogP contribution >= 0.6 is 0 Å². The molecule has 338 valence electrons. The smallest absolute Gasteiger partial charge is 0.0465 e. The molecule has 0 bridgehead atoms. The van der Waals surface area contributed by atoms with Crippen molar-refractivity contribution < 1.29 is 0 Å². The van der Waals surface area contributed by atoms with E-state index >= 15 is 0 Å². The summed E-state index contributed by atoms with van der Waals surface area (Å²) in [6.07, 6.45) is 0. The Morgan fingerprint density at radius 1 is 0.239 bits per heavy atom. The highest BCUT2D eigenvalue weighted by Gasteiger charge is 2.38. The normalized spacial score (nSPS) is 13.6. The zero-order valence-corrected chi connectivity index (χ0v) is 40.6. The van der Waals surface area contributed by atoms with Crippen molar-refractivity contribution in [2.45, 2.75) is 38.5 Å². The van der Waals surface area contributed by atoms with Crippen LogP contribution in [0.25, 0.3) is 88.7 Å². The Morgan fingerprint density at radius 2 is 0.577 bits per heavy atom. The monoisotopic (exact) mass is 907 g/mol. The first-order valence-electron chi connectivity index (χ1n) is 25.0. The Hall–Kier alpha value is -8.52. The second-order valence-corrected chi connectivity index (χ2v) is 20.5. The Balaban J connectivity index is 0.862. The lowest BCUT2D eigenvalue weighted by Crippen LogP contribution is -2.18. The zero-order valence-electron chi connectivity index (χ0n) is 40.6. The van der Waals surface area contributed by atoms with Gasteiger partial charge in [-0.25, -0.2) is 0 Å². The number of nitrogens with zero attached hydrogens (tertiary/aromatic N) is 1. The van der Waals surface area contributed by atoms with Crippen molar-refractivity contribution in [2.75, 3.05) is 4.90 Å².